The van der Waals surface area contributed by atoms with Gasteiger partial charge in [0.15, 0.2) is 0 Å². The van der Waals surface area contributed by atoms with E-state index in [2.05, 4.69) is 33.1 Å². The normalized spacial score (nSPS) is 17.1. The first-order valence-electron chi connectivity index (χ1n) is 7.33. The molecule has 0 aromatic heterocycles. The number of anilines is 1. The summed E-state index contributed by atoms with van der Waals surface area (Å²) in [7, 11) is 0. The monoisotopic (exact) mass is 338 g/mol. The van der Waals surface area contributed by atoms with Crippen molar-refractivity contribution in [3.05, 3.63) is 28.2 Å². The molecule has 0 saturated carbocycles. The van der Waals surface area contributed by atoms with Crippen LogP contribution in [0.4, 0.5) is 5.69 Å². The van der Waals surface area contributed by atoms with Gasteiger partial charge < -0.3 is 10.2 Å². The Balaban J connectivity index is 1.78. The van der Waals surface area contributed by atoms with E-state index in [0.29, 0.717) is 6.42 Å². The summed E-state index contributed by atoms with van der Waals surface area (Å²) in [4.78, 5) is 14.4. The van der Waals surface area contributed by atoms with Gasteiger partial charge in [-0.2, -0.15) is 0 Å². The minimum absolute atomic E-state index is 0.106. The van der Waals surface area contributed by atoms with Gasteiger partial charge in [0.1, 0.15) is 0 Å². The summed E-state index contributed by atoms with van der Waals surface area (Å²) < 4.78 is 1.04. The highest BCUT2D eigenvalue weighted by atomic mass is 79.9. The Morgan fingerprint density at radius 1 is 1.40 bits per heavy atom. The van der Waals surface area contributed by atoms with Crippen molar-refractivity contribution in [1.29, 1.82) is 0 Å². The molecule has 0 spiro atoms. The fraction of sp³-hybridized carbons (Fsp3) is 0.562. The molecule has 3 nitrogen and oxygen atoms in total. The van der Waals surface area contributed by atoms with Crippen LogP contribution in [0, 0.1) is 12.8 Å². The van der Waals surface area contributed by atoms with Gasteiger partial charge in [0.05, 0.1) is 0 Å². The molecular formula is C16H23BrN2O. The number of likely N-dealkylation sites (tertiary alicyclic amines) is 1. The number of carbonyl (C=O) groups is 1. The van der Waals surface area contributed by atoms with E-state index in [1.54, 1.807) is 0 Å². The van der Waals surface area contributed by atoms with Gasteiger partial charge in [0, 0.05) is 23.1 Å². The Morgan fingerprint density at radius 2 is 2.10 bits per heavy atom. The summed E-state index contributed by atoms with van der Waals surface area (Å²) in [6.45, 7) is 7.44. The maximum absolute atomic E-state index is 12.0. The lowest BCUT2D eigenvalue weighted by Gasteiger charge is -2.29. The molecule has 1 saturated heterocycles. The quantitative estimate of drug-likeness (QED) is 0.905. The van der Waals surface area contributed by atoms with Crippen molar-refractivity contribution >= 4 is 27.5 Å². The summed E-state index contributed by atoms with van der Waals surface area (Å²) in [5.74, 6) is 0.944. The van der Waals surface area contributed by atoms with Crippen LogP contribution >= 0.6 is 15.9 Å². The molecule has 0 atom stereocenters. The highest BCUT2D eigenvalue weighted by Gasteiger charge is 2.16. The zero-order valence-corrected chi connectivity index (χ0v) is 13.9. The van der Waals surface area contributed by atoms with Crippen LogP contribution in [0.1, 0.15) is 31.7 Å². The van der Waals surface area contributed by atoms with Crippen LogP contribution in [0.15, 0.2) is 22.7 Å². The number of halogens is 1. The number of rotatable bonds is 4. The van der Waals surface area contributed by atoms with Crippen molar-refractivity contribution in [1.82, 2.24) is 4.90 Å². The van der Waals surface area contributed by atoms with Crippen LogP contribution in [0.25, 0.3) is 0 Å². The molecule has 1 aromatic carbocycles. The number of aryl methyl sites for hydroxylation is 1. The first kappa shape index (κ1) is 15.5. The van der Waals surface area contributed by atoms with E-state index in [0.717, 1.165) is 41.3 Å². The number of carbonyl (C=O) groups excluding carboxylic acids is 1. The average molecular weight is 339 g/mol. The summed E-state index contributed by atoms with van der Waals surface area (Å²) in [6.07, 6.45) is 3.09. The molecule has 110 valence electrons. The van der Waals surface area contributed by atoms with Gasteiger partial charge in [-0.3, -0.25) is 4.79 Å². The first-order chi connectivity index (χ1) is 9.54. The summed E-state index contributed by atoms with van der Waals surface area (Å²) >= 11 is 3.43. The van der Waals surface area contributed by atoms with Crippen molar-refractivity contribution in [3.63, 3.8) is 0 Å². The highest BCUT2D eigenvalue weighted by Crippen LogP contribution is 2.20. The second-order valence-electron chi connectivity index (χ2n) is 5.78. The standard InChI is InChI=1S/C16H23BrN2O/c1-12-5-8-19(9-6-12)10-7-16(20)18-15-4-3-14(17)11-13(15)2/h3-4,11-12H,5-10H2,1-2H3,(H,18,20). The van der Waals surface area contributed by atoms with Gasteiger partial charge in [-0.05, 0) is 62.5 Å². The third-order valence-electron chi connectivity index (χ3n) is 3.99. The first-order valence-corrected chi connectivity index (χ1v) is 8.12. The predicted molar refractivity (Wildman–Crippen MR) is 87.0 cm³/mol. The molecule has 0 radical (unpaired) electrons. The van der Waals surface area contributed by atoms with Crippen molar-refractivity contribution in [2.24, 2.45) is 5.92 Å². The van der Waals surface area contributed by atoms with Crippen molar-refractivity contribution in [3.8, 4) is 0 Å². The summed E-state index contributed by atoms with van der Waals surface area (Å²) in [5.41, 5.74) is 1.99. The van der Waals surface area contributed by atoms with Gasteiger partial charge in [0.25, 0.3) is 0 Å². The number of hydrogen-bond acceptors (Lipinski definition) is 2. The largest absolute Gasteiger partial charge is 0.326 e. The number of hydrogen-bond donors (Lipinski definition) is 1. The molecule has 1 aliphatic heterocycles. The van der Waals surface area contributed by atoms with E-state index in [-0.39, 0.29) is 5.91 Å². The fourth-order valence-electron chi connectivity index (χ4n) is 2.53. The lowest BCUT2D eigenvalue weighted by molar-refractivity contribution is -0.116. The Kier molecular flexibility index (Phi) is 5.61. The molecule has 1 aliphatic rings. The molecule has 2 rings (SSSR count). The van der Waals surface area contributed by atoms with Crippen LogP contribution in [0.5, 0.6) is 0 Å². The zero-order valence-electron chi connectivity index (χ0n) is 12.3. The maximum atomic E-state index is 12.0. The molecule has 1 amide bonds. The molecule has 0 aliphatic carbocycles. The third-order valence-corrected chi connectivity index (χ3v) is 4.49. The maximum Gasteiger partial charge on any atom is 0.225 e. The van der Waals surface area contributed by atoms with Gasteiger partial charge in [-0.25, -0.2) is 0 Å². The average Bonchev–Trinajstić information content (AvgIpc) is 2.41. The third kappa shape index (κ3) is 4.60. The van der Waals surface area contributed by atoms with Gasteiger partial charge >= 0.3 is 0 Å². The van der Waals surface area contributed by atoms with Crippen LogP contribution in [-0.2, 0) is 4.79 Å². The molecule has 1 aromatic rings. The number of nitrogens with one attached hydrogen (secondary N) is 1. The number of nitrogens with zero attached hydrogens (tertiary/aromatic N) is 1. The van der Waals surface area contributed by atoms with Crippen molar-refractivity contribution < 1.29 is 4.79 Å². The zero-order chi connectivity index (χ0) is 14.5. The second kappa shape index (κ2) is 7.23. The molecule has 4 heteroatoms. The molecule has 0 bridgehead atoms. The van der Waals surface area contributed by atoms with E-state index >= 15 is 0 Å². The number of piperidine rings is 1. The van der Waals surface area contributed by atoms with E-state index in [4.69, 9.17) is 0 Å². The van der Waals surface area contributed by atoms with Crippen LogP contribution < -0.4 is 5.32 Å². The van der Waals surface area contributed by atoms with E-state index < -0.39 is 0 Å². The molecule has 1 fully saturated rings. The SMILES string of the molecule is Cc1cc(Br)ccc1NC(=O)CCN1CCC(C)CC1. The van der Waals surface area contributed by atoms with E-state index in [1.165, 1.54) is 12.8 Å². The van der Waals surface area contributed by atoms with Crippen LogP contribution in [0.3, 0.4) is 0 Å². The molecule has 0 unspecified atom stereocenters. The van der Waals surface area contributed by atoms with Gasteiger partial charge in [-0.1, -0.05) is 22.9 Å². The lowest BCUT2D eigenvalue weighted by Crippen LogP contribution is -2.35. The van der Waals surface area contributed by atoms with Gasteiger partial charge in [0.2, 0.25) is 5.91 Å². The topological polar surface area (TPSA) is 32.3 Å². The van der Waals surface area contributed by atoms with Crippen LogP contribution in [-0.4, -0.2) is 30.4 Å². The van der Waals surface area contributed by atoms with E-state index in [9.17, 15) is 4.79 Å². The van der Waals surface area contributed by atoms with Gasteiger partial charge in [-0.15, -0.1) is 0 Å². The Hall–Kier alpha value is -0.870. The smallest absolute Gasteiger partial charge is 0.225 e. The lowest BCUT2D eigenvalue weighted by atomic mass is 9.99. The Morgan fingerprint density at radius 3 is 2.75 bits per heavy atom. The fourth-order valence-corrected chi connectivity index (χ4v) is 3.00. The molecule has 1 N–H and O–H groups in total. The molecular weight excluding hydrogens is 316 g/mol. The van der Waals surface area contributed by atoms with Crippen molar-refractivity contribution in [2.45, 2.75) is 33.1 Å². The minimum Gasteiger partial charge on any atom is -0.326 e. The summed E-state index contributed by atoms with van der Waals surface area (Å²) in [6, 6.07) is 5.91. The Bertz CT molecular complexity index is 468. The summed E-state index contributed by atoms with van der Waals surface area (Å²) in [5, 5.41) is 3.00. The number of benzene rings is 1. The number of amides is 1. The predicted octanol–water partition coefficient (Wildman–Crippen LogP) is 3.82. The van der Waals surface area contributed by atoms with E-state index in [1.807, 2.05) is 25.1 Å². The van der Waals surface area contributed by atoms with Crippen LogP contribution in [0.2, 0.25) is 0 Å². The molecule has 20 heavy (non-hydrogen) atoms. The molecule has 1 heterocycles. The second-order valence-corrected chi connectivity index (χ2v) is 6.70. The highest BCUT2D eigenvalue weighted by molar-refractivity contribution is 9.10. The Labute approximate surface area is 129 Å². The minimum atomic E-state index is 0.106. The van der Waals surface area contributed by atoms with Crippen molar-refractivity contribution in [2.75, 3.05) is 25.0 Å².